The fraction of sp³-hybridized carbons (Fsp3) is 0.0435. The summed E-state index contributed by atoms with van der Waals surface area (Å²) < 4.78 is 0. The van der Waals surface area contributed by atoms with Crippen molar-refractivity contribution in [3.8, 4) is 11.1 Å². The number of hydrogen-bond acceptors (Lipinski definition) is 2. The molecule has 5 aromatic carbocycles. The van der Waals surface area contributed by atoms with E-state index < -0.39 is 0 Å². The maximum atomic E-state index is 6.61. The highest BCUT2D eigenvalue weighted by Gasteiger charge is 2.13. The quantitative estimate of drug-likeness (QED) is 0.342. The molecule has 25 heavy (non-hydrogen) atoms. The summed E-state index contributed by atoms with van der Waals surface area (Å²) in [5, 5.41) is 7.43. The maximum Gasteiger partial charge on any atom is 0.0474 e. The molecule has 0 saturated carbocycles. The Morgan fingerprint density at radius 1 is 0.680 bits per heavy atom. The Labute approximate surface area is 146 Å². The van der Waals surface area contributed by atoms with Gasteiger partial charge in [-0.3, -0.25) is 0 Å². The molecule has 0 radical (unpaired) electrons. The van der Waals surface area contributed by atoms with Crippen molar-refractivity contribution in [3.63, 3.8) is 0 Å². The van der Waals surface area contributed by atoms with Crippen LogP contribution in [0.5, 0.6) is 0 Å². The van der Waals surface area contributed by atoms with Gasteiger partial charge >= 0.3 is 0 Å². The number of anilines is 1. The van der Waals surface area contributed by atoms with E-state index in [0.29, 0.717) is 6.54 Å². The van der Waals surface area contributed by atoms with Gasteiger partial charge in [0.2, 0.25) is 0 Å². The molecule has 0 aliphatic rings. The summed E-state index contributed by atoms with van der Waals surface area (Å²) in [6.07, 6.45) is 0. The van der Waals surface area contributed by atoms with E-state index in [-0.39, 0.29) is 0 Å². The highest BCUT2D eigenvalue weighted by molar-refractivity contribution is 6.26. The van der Waals surface area contributed by atoms with E-state index in [4.69, 9.17) is 11.5 Å². The number of nitrogen functional groups attached to an aromatic ring is 1. The summed E-state index contributed by atoms with van der Waals surface area (Å²) in [6, 6.07) is 25.7. The fourth-order valence-electron chi connectivity index (χ4n) is 3.89. The van der Waals surface area contributed by atoms with Crippen LogP contribution in [0.3, 0.4) is 0 Å². The molecule has 0 spiro atoms. The van der Waals surface area contributed by atoms with Crippen LogP contribution < -0.4 is 11.5 Å². The zero-order valence-corrected chi connectivity index (χ0v) is 13.8. The molecule has 2 heteroatoms. The summed E-state index contributed by atoms with van der Waals surface area (Å²) in [7, 11) is 0. The van der Waals surface area contributed by atoms with Gasteiger partial charge < -0.3 is 11.5 Å². The Bertz CT molecular complexity index is 1200. The van der Waals surface area contributed by atoms with E-state index >= 15 is 0 Å². The topological polar surface area (TPSA) is 52.0 Å². The number of rotatable bonds is 2. The second-order valence-corrected chi connectivity index (χ2v) is 6.59. The number of benzene rings is 5. The van der Waals surface area contributed by atoms with E-state index in [1.165, 1.54) is 26.9 Å². The molecule has 0 aliphatic heterocycles. The molecule has 4 N–H and O–H groups in total. The largest absolute Gasteiger partial charge is 0.398 e. The normalized spacial score (nSPS) is 11.7. The SMILES string of the molecule is NCc1ccc(-c2cc3ccc4cccc5ccc(c2N)c3c45)cc1. The van der Waals surface area contributed by atoms with Crippen molar-refractivity contribution in [1.82, 2.24) is 0 Å². The van der Waals surface area contributed by atoms with Crippen molar-refractivity contribution in [1.29, 1.82) is 0 Å². The minimum absolute atomic E-state index is 0.552. The third kappa shape index (κ3) is 2.01. The Balaban J connectivity index is 1.88. The van der Waals surface area contributed by atoms with Crippen molar-refractivity contribution in [3.05, 3.63) is 78.4 Å². The second-order valence-electron chi connectivity index (χ2n) is 6.59. The molecular formula is C23H18N2. The standard InChI is InChI=1S/C23H18N2/c24-13-14-4-6-15(7-5-14)20-12-18-9-8-16-2-1-3-17-10-11-19(23(20)25)22(18)21(16)17/h1-12H,13,24-25H2. The first-order valence-corrected chi connectivity index (χ1v) is 8.51. The van der Waals surface area contributed by atoms with Gasteiger partial charge in [0.25, 0.3) is 0 Å². The third-order valence-electron chi connectivity index (χ3n) is 5.19. The van der Waals surface area contributed by atoms with Crippen molar-refractivity contribution in [2.45, 2.75) is 6.54 Å². The Kier molecular flexibility index (Phi) is 2.97. The van der Waals surface area contributed by atoms with E-state index in [0.717, 1.165) is 27.8 Å². The van der Waals surface area contributed by atoms with Crippen molar-refractivity contribution in [2.75, 3.05) is 5.73 Å². The first-order valence-electron chi connectivity index (χ1n) is 8.51. The van der Waals surface area contributed by atoms with Crippen LogP contribution in [-0.2, 0) is 6.54 Å². The third-order valence-corrected chi connectivity index (χ3v) is 5.19. The monoisotopic (exact) mass is 322 g/mol. The lowest BCUT2D eigenvalue weighted by Crippen LogP contribution is -1.97. The maximum absolute atomic E-state index is 6.61. The lowest BCUT2D eigenvalue weighted by molar-refractivity contribution is 1.07. The summed E-state index contributed by atoms with van der Waals surface area (Å²) in [6.45, 7) is 0.552. The smallest absolute Gasteiger partial charge is 0.0474 e. The molecule has 0 saturated heterocycles. The van der Waals surface area contributed by atoms with Gasteiger partial charge in [-0.25, -0.2) is 0 Å². The molecule has 5 aromatic rings. The minimum atomic E-state index is 0.552. The van der Waals surface area contributed by atoms with Gasteiger partial charge in [0, 0.05) is 23.2 Å². The molecule has 0 aliphatic carbocycles. The molecule has 0 bridgehead atoms. The van der Waals surface area contributed by atoms with Crippen molar-refractivity contribution >= 4 is 38.0 Å². The van der Waals surface area contributed by atoms with Crippen molar-refractivity contribution < 1.29 is 0 Å². The van der Waals surface area contributed by atoms with E-state index in [1.54, 1.807) is 0 Å². The predicted octanol–water partition coefficient (Wildman–Crippen LogP) is 5.29. The van der Waals surface area contributed by atoms with Crippen LogP contribution in [-0.4, -0.2) is 0 Å². The van der Waals surface area contributed by atoms with Crippen LogP contribution in [0.25, 0.3) is 43.4 Å². The summed E-state index contributed by atoms with van der Waals surface area (Å²) in [4.78, 5) is 0. The van der Waals surface area contributed by atoms with Crippen LogP contribution in [0, 0.1) is 0 Å². The van der Waals surface area contributed by atoms with Crippen LogP contribution >= 0.6 is 0 Å². The molecular weight excluding hydrogens is 304 g/mol. The van der Waals surface area contributed by atoms with Crippen LogP contribution in [0.2, 0.25) is 0 Å². The van der Waals surface area contributed by atoms with Gasteiger partial charge in [0.05, 0.1) is 0 Å². The fourth-order valence-corrected chi connectivity index (χ4v) is 3.89. The van der Waals surface area contributed by atoms with Gasteiger partial charge in [-0.15, -0.1) is 0 Å². The Morgan fingerprint density at radius 2 is 1.36 bits per heavy atom. The van der Waals surface area contributed by atoms with E-state index in [1.807, 2.05) is 0 Å². The zero-order valence-electron chi connectivity index (χ0n) is 13.8. The summed E-state index contributed by atoms with van der Waals surface area (Å²) >= 11 is 0. The molecule has 0 unspecified atom stereocenters. The van der Waals surface area contributed by atoms with Crippen molar-refractivity contribution in [2.24, 2.45) is 5.73 Å². The molecule has 5 rings (SSSR count). The van der Waals surface area contributed by atoms with Gasteiger partial charge in [-0.1, -0.05) is 66.7 Å². The Morgan fingerprint density at radius 3 is 2.08 bits per heavy atom. The lowest BCUT2D eigenvalue weighted by Gasteiger charge is -2.16. The Hall–Kier alpha value is -3.10. The highest BCUT2D eigenvalue weighted by atomic mass is 14.6. The molecule has 2 nitrogen and oxygen atoms in total. The zero-order chi connectivity index (χ0) is 17.0. The van der Waals surface area contributed by atoms with Gasteiger partial charge in [-0.05, 0) is 44.1 Å². The van der Waals surface area contributed by atoms with Crippen LogP contribution in [0.4, 0.5) is 5.69 Å². The molecule has 0 fully saturated rings. The molecule has 0 atom stereocenters. The van der Waals surface area contributed by atoms with Gasteiger partial charge in [-0.2, -0.15) is 0 Å². The number of hydrogen-bond donors (Lipinski definition) is 2. The minimum Gasteiger partial charge on any atom is -0.398 e. The van der Waals surface area contributed by atoms with Crippen LogP contribution in [0.1, 0.15) is 5.56 Å². The first-order chi connectivity index (χ1) is 12.3. The predicted molar refractivity (Wildman–Crippen MR) is 108 cm³/mol. The van der Waals surface area contributed by atoms with E-state index in [9.17, 15) is 0 Å². The molecule has 0 amide bonds. The van der Waals surface area contributed by atoms with Crippen LogP contribution in [0.15, 0.2) is 72.8 Å². The summed E-state index contributed by atoms with van der Waals surface area (Å²) in [5.41, 5.74) is 16.5. The number of nitrogens with two attached hydrogens (primary N) is 2. The second kappa shape index (κ2) is 5.20. The lowest BCUT2D eigenvalue weighted by atomic mass is 9.90. The first kappa shape index (κ1) is 14.3. The average molecular weight is 322 g/mol. The summed E-state index contributed by atoms with van der Waals surface area (Å²) in [5.74, 6) is 0. The van der Waals surface area contributed by atoms with Gasteiger partial charge in [0.1, 0.15) is 0 Å². The molecule has 0 heterocycles. The van der Waals surface area contributed by atoms with Gasteiger partial charge in [0.15, 0.2) is 0 Å². The molecule has 120 valence electrons. The highest BCUT2D eigenvalue weighted by Crippen LogP contribution is 2.41. The van der Waals surface area contributed by atoms with E-state index in [2.05, 4.69) is 72.8 Å². The average Bonchev–Trinajstić information content (AvgIpc) is 2.67. The molecule has 0 aromatic heterocycles.